The van der Waals surface area contributed by atoms with Crippen molar-refractivity contribution in [1.29, 1.82) is 5.26 Å². The Morgan fingerprint density at radius 3 is 2.65 bits per heavy atom. The highest BCUT2D eigenvalue weighted by Gasteiger charge is 1.98. The number of nitriles is 1. The van der Waals surface area contributed by atoms with E-state index in [1.165, 1.54) is 0 Å². The van der Waals surface area contributed by atoms with Gasteiger partial charge in [0.2, 0.25) is 0 Å². The van der Waals surface area contributed by atoms with Crippen LogP contribution < -0.4 is 4.74 Å². The Labute approximate surface area is 101 Å². The van der Waals surface area contributed by atoms with Crippen LogP contribution in [-0.4, -0.2) is 17.5 Å². The highest BCUT2D eigenvalue weighted by Crippen LogP contribution is 2.13. The van der Waals surface area contributed by atoms with Crippen molar-refractivity contribution in [2.45, 2.75) is 26.2 Å². The van der Waals surface area contributed by atoms with Crippen LogP contribution in [0.4, 0.5) is 0 Å². The summed E-state index contributed by atoms with van der Waals surface area (Å²) in [7, 11) is 0. The van der Waals surface area contributed by atoms with Gasteiger partial charge in [-0.3, -0.25) is 0 Å². The van der Waals surface area contributed by atoms with E-state index in [9.17, 15) is 0 Å². The summed E-state index contributed by atoms with van der Waals surface area (Å²) >= 11 is 0. The molecule has 0 amide bonds. The standard InChI is InChI=1S/C13H16N2O2/c1-11(15-16)12-5-7-13(8-6-12)17-10-4-2-3-9-14/h5-8,16H,2-4,10H2,1H3. The molecule has 0 radical (unpaired) electrons. The summed E-state index contributed by atoms with van der Waals surface area (Å²) in [5, 5.41) is 20.1. The molecule has 0 unspecified atom stereocenters. The average Bonchev–Trinajstić information content (AvgIpc) is 2.38. The third kappa shape index (κ3) is 4.56. The van der Waals surface area contributed by atoms with Gasteiger partial charge in [-0.1, -0.05) is 5.16 Å². The van der Waals surface area contributed by atoms with Crippen molar-refractivity contribution in [3.05, 3.63) is 29.8 Å². The minimum Gasteiger partial charge on any atom is -0.494 e. The second-order valence-corrected chi connectivity index (χ2v) is 3.67. The predicted molar refractivity (Wildman–Crippen MR) is 65.4 cm³/mol. The molecule has 0 saturated carbocycles. The van der Waals surface area contributed by atoms with Crippen molar-refractivity contribution in [2.24, 2.45) is 5.16 Å². The van der Waals surface area contributed by atoms with Crippen molar-refractivity contribution < 1.29 is 9.94 Å². The molecule has 0 aliphatic heterocycles. The molecular weight excluding hydrogens is 216 g/mol. The lowest BCUT2D eigenvalue weighted by molar-refractivity contribution is 0.307. The van der Waals surface area contributed by atoms with Crippen molar-refractivity contribution in [3.8, 4) is 11.8 Å². The fraction of sp³-hybridized carbons (Fsp3) is 0.385. The molecule has 0 aliphatic carbocycles. The molecule has 1 N–H and O–H groups in total. The van der Waals surface area contributed by atoms with Crippen LogP contribution >= 0.6 is 0 Å². The number of oxime groups is 1. The lowest BCUT2D eigenvalue weighted by atomic mass is 10.1. The lowest BCUT2D eigenvalue weighted by Crippen LogP contribution is -1.98. The van der Waals surface area contributed by atoms with Crippen molar-refractivity contribution >= 4 is 5.71 Å². The molecule has 0 aromatic heterocycles. The number of hydrogen-bond donors (Lipinski definition) is 1. The van der Waals surface area contributed by atoms with Gasteiger partial charge in [-0.15, -0.1) is 0 Å². The smallest absolute Gasteiger partial charge is 0.119 e. The quantitative estimate of drug-likeness (QED) is 0.355. The van der Waals surface area contributed by atoms with Gasteiger partial charge in [0.15, 0.2) is 0 Å². The van der Waals surface area contributed by atoms with Crippen LogP contribution in [0, 0.1) is 11.3 Å². The van der Waals surface area contributed by atoms with Crippen LogP contribution in [0.25, 0.3) is 0 Å². The number of hydrogen-bond acceptors (Lipinski definition) is 4. The Morgan fingerprint density at radius 1 is 1.35 bits per heavy atom. The van der Waals surface area contributed by atoms with Crippen LogP contribution in [0.1, 0.15) is 31.7 Å². The number of ether oxygens (including phenoxy) is 1. The minimum absolute atomic E-state index is 0.575. The molecule has 17 heavy (non-hydrogen) atoms. The van der Waals surface area contributed by atoms with Crippen LogP contribution in [0.3, 0.4) is 0 Å². The first kappa shape index (κ1) is 13.0. The highest BCUT2D eigenvalue weighted by atomic mass is 16.5. The first-order chi connectivity index (χ1) is 8.27. The van der Waals surface area contributed by atoms with E-state index in [0.29, 0.717) is 18.7 Å². The SMILES string of the molecule is CC(=NO)c1ccc(OCCCCC#N)cc1. The first-order valence-electron chi connectivity index (χ1n) is 5.56. The number of benzene rings is 1. The molecule has 1 aromatic carbocycles. The number of nitrogens with zero attached hydrogens (tertiary/aromatic N) is 2. The molecule has 0 aliphatic rings. The fourth-order valence-corrected chi connectivity index (χ4v) is 1.35. The molecule has 0 heterocycles. The molecule has 1 aromatic rings. The predicted octanol–water partition coefficient (Wildman–Crippen LogP) is 2.96. The summed E-state index contributed by atoms with van der Waals surface area (Å²) in [6.45, 7) is 2.35. The Balaban J connectivity index is 2.39. The number of unbranched alkanes of at least 4 members (excludes halogenated alkanes) is 2. The molecule has 0 fully saturated rings. The zero-order chi connectivity index (χ0) is 12.5. The second kappa shape index (κ2) is 7.29. The van der Waals surface area contributed by atoms with Gasteiger partial charge in [0.1, 0.15) is 5.75 Å². The molecule has 4 heteroatoms. The molecule has 1 rings (SSSR count). The van der Waals surface area contributed by atoms with E-state index >= 15 is 0 Å². The molecule has 0 atom stereocenters. The van der Waals surface area contributed by atoms with E-state index in [0.717, 1.165) is 24.2 Å². The Kier molecular flexibility index (Phi) is 5.59. The van der Waals surface area contributed by atoms with Gasteiger partial charge in [0.05, 0.1) is 18.4 Å². The average molecular weight is 232 g/mol. The lowest BCUT2D eigenvalue weighted by Gasteiger charge is -2.06. The van der Waals surface area contributed by atoms with Crippen LogP contribution in [0.15, 0.2) is 29.4 Å². The van der Waals surface area contributed by atoms with Gasteiger partial charge in [-0.2, -0.15) is 5.26 Å². The van der Waals surface area contributed by atoms with Gasteiger partial charge in [0.25, 0.3) is 0 Å². The molecule has 0 spiro atoms. The highest BCUT2D eigenvalue weighted by molar-refractivity contribution is 5.98. The van der Waals surface area contributed by atoms with Gasteiger partial charge in [-0.05, 0) is 49.6 Å². The van der Waals surface area contributed by atoms with E-state index in [2.05, 4.69) is 11.2 Å². The monoisotopic (exact) mass is 232 g/mol. The summed E-state index contributed by atoms with van der Waals surface area (Å²) < 4.78 is 5.51. The Hall–Kier alpha value is -2.02. The maximum absolute atomic E-state index is 8.61. The van der Waals surface area contributed by atoms with Crippen molar-refractivity contribution in [2.75, 3.05) is 6.61 Å². The maximum atomic E-state index is 8.61. The van der Waals surface area contributed by atoms with Crippen LogP contribution in [0.5, 0.6) is 5.75 Å². The first-order valence-corrected chi connectivity index (χ1v) is 5.56. The largest absolute Gasteiger partial charge is 0.494 e. The molecule has 4 nitrogen and oxygen atoms in total. The minimum atomic E-state index is 0.575. The van der Waals surface area contributed by atoms with Crippen molar-refractivity contribution in [1.82, 2.24) is 0 Å². The summed E-state index contributed by atoms with van der Waals surface area (Å²) in [6, 6.07) is 9.48. The summed E-state index contributed by atoms with van der Waals surface area (Å²) in [5.74, 6) is 0.788. The summed E-state index contributed by atoms with van der Waals surface area (Å²) in [4.78, 5) is 0. The Morgan fingerprint density at radius 2 is 2.06 bits per heavy atom. The van der Waals surface area contributed by atoms with Crippen LogP contribution in [0.2, 0.25) is 0 Å². The van der Waals surface area contributed by atoms with E-state index in [-0.39, 0.29) is 0 Å². The Bertz CT molecular complexity index is 404. The van der Waals surface area contributed by atoms with E-state index in [1.807, 2.05) is 24.3 Å². The van der Waals surface area contributed by atoms with Gasteiger partial charge in [0, 0.05) is 6.42 Å². The van der Waals surface area contributed by atoms with E-state index < -0.39 is 0 Å². The molecule has 90 valence electrons. The molecule has 0 saturated heterocycles. The molecular formula is C13H16N2O2. The maximum Gasteiger partial charge on any atom is 0.119 e. The third-order valence-corrected chi connectivity index (χ3v) is 2.37. The van der Waals surface area contributed by atoms with Crippen LogP contribution in [-0.2, 0) is 0 Å². The number of rotatable bonds is 6. The van der Waals surface area contributed by atoms with Gasteiger partial charge in [-0.25, -0.2) is 0 Å². The van der Waals surface area contributed by atoms with Gasteiger partial charge >= 0.3 is 0 Å². The van der Waals surface area contributed by atoms with Crippen molar-refractivity contribution in [3.63, 3.8) is 0 Å². The fourth-order valence-electron chi connectivity index (χ4n) is 1.35. The third-order valence-electron chi connectivity index (χ3n) is 2.37. The zero-order valence-electron chi connectivity index (χ0n) is 9.89. The summed E-state index contributed by atoms with van der Waals surface area (Å²) in [6.07, 6.45) is 2.33. The van der Waals surface area contributed by atoms with E-state index in [1.54, 1.807) is 6.92 Å². The normalized spacial score (nSPS) is 10.9. The zero-order valence-corrected chi connectivity index (χ0v) is 9.89. The molecule has 0 bridgehead atoms. The van der Waals surface area contributed by atoms with E-state index in [4.69, 9.17) is 15.2 Å². The second-order valence-electron chi connectivity index (χ2n) is 3.67. The topological polar surface area (TPSA) is 65.6 Å². The van der Waals surface area contributed by atoms with Gasteiger partial charge < -0.3 is 9.94 Å². The summed E-state index contributed by atoms with van der Waals surface area (Å²) in [5.41, 5.74) is 1.44.